The van der Waals surface area contributed by atoms with Crippen LogP contribution in [0.5, 0.6) is 0 Å². The Morgan fingerprint density at radius 1 is 0.852 bits per heavy atom. The summed E-state index contributed by atoms with van der Waals surface area (Å²) in [5, 5.41) is 0. The standard InChI is InChI=1S/C11H9F11O4S/c1-2-6(23)26-3-4-27(24,25)5-7(12,13)8(14,15)9(16,17)10(18,19)11(20,21)22/h2H,1,3-5H2. The molecule has 0 aliphatic carbocycles. The molecule has 0 aliphatic rings. The molecule has 0 bridgehead atoms. The number of hydrogen-bond donors (Lipinski definition) is 0. The zero-order valence-corrected chi connectivity index (χ0v) is 13.4. The van der Waals surface area contributed by atoms with Gasteiger partial charge in [0.1, 0.15) is 12.4 Å². The van der Waals surface area contributed by atoms with Crippen LogP contribution in [0.15, 0.2) is 12.7 Å². The minimum atomic E-state index is -7.69. The zero-order chi connectivity index (χ0) is 22.1. The summed E-state index contributed by atoms with van der Waals surface area (Å²) in [6.45, 7) is 1.62. The van der Waals surface area contributed by atoms with Gasteiger partial charge in [-0.2, -0.15) is 48.3 Å². The van der Waals surface area contributed by atoms with Crippen molar-refractivity contribution < 1.29 is 66.2 Å². The second kappa shape index (κ2) is 7.43. The number of rotatable bonds is 9. The number of halogens is 11. The van der Waals surface area contributed by atoms with E-state index in [1.54, 1.807) is 0 Å². The van der Waals surface area contributed by atoms with Gasteiger partial charge in [0.25, 0.3) is 0 Å². The predicted molar refractivity (Wildman–Crippen MR) is 65.7 cm³/mol. The van der Waals surface area contributed by atoms with Crippen LogP contribution in [0.2, 0.25) is 0 Å². The smallest absolute Gasteiger partial charge is 0.460 e. The van der Waals surface area contributed by atoms with Crippen molar-refractivity contribution in [3.8, 4) is 0 Å². The molecule has 0 saturated heterocycles. The van der Waals surface area contributed by atoms with Gasteiger partial charge in [0.2, 0.25) is 0 Å². The van der Waals surface area contributed by atoms with E-state index in [-0.39, 0.29) is 0 Å². The summed E-state index contributed by atoms with van der Waals surface area (Å²) < 4.78 is 166. The van der Waals surface area contributed by atoms with Crippen molar-refractivity contribution >= 4 is 15.8 Å². The van der Waals surface area contributed by atoms with Gasteiger partial charge in [-0.1, -0.05) is 6.58 Å². The number of hydrogen-bond acceptors (Lipinski definition) is 4. The molecule has 160 valence electrons. The molecule has 0 rings (SSSR count). The summed E-state index contributed by atoms with van der Waals surface area (Å²) in [5.41, 5.74) is 0. The van der Waals surface area contributed by atoms with Crippen LogP contribution in [0.4, 0.5) is 48.3 Å². The second-order valence-corrected chi connectivity index (χ2v) is 7.07. The first kappa shape index (κ1) is 25.4. The maximum atomic E-state index is 13.3. The van der Waals surface area contributed by atoms with Gasteiger partial charge in [-0.15, -0.1) is 0 Å². The van der Waals surface area contributed by atoms with E-state index in [0.717, 1.165) is 0 Å². The highest BCUT2D eigenvalue weighted by molar-refractivity contribution is 7.91. The molecule has 0 atom stereocenters. The topological polar surface area (TPSA) is 60.4 Å². The number of sulfone groups is 1. The minimum Gasteiger partial charge on any atom is -0.461 e. The molecule has 0 aromatic heterocycles. The van der Waals surface area contributed by atoms with E-state index in [2.05, 4.69) is 11.3 Å². The zero-order valence-electron chi connectivity index (χ0n) is 12.6. The number of alkyl halides is 11. The summed E-state index contributed by atoms with van der Waals surface area (Å²) in [7, 11) is -5.47. The molecule has 0 fully saturated rings. The van der Waals surface area contributed by atoms with Crippen LogP contribution in [0.1, 0.15) is 0 Å². The lowest BCUT2D eigenvalue weighted by Gasteiger charge is -2.37. The SMILES string of the molecule is C=CC(=O)OCCS(=O)(=O)CC(F)(F)C(F)(F)C(F)(F)C(F)(F)C(F)(F)F. The van der Waals surface area contributed by atoms with E-state index in [1.165, 1.54) is 0 Å². The molecule has 4 nitrogen and oxygen atoms in total. The van der Waals surface area contributed by atoms with E-state index in [9.17, 15) is 61.5 Å². The molecule has 0 spiro atoms. The van der Waals surface area contributed by atoms with Crippen LogP contribution in [-0.4, -0.2) is 62.4 Å². The molecular formula is C11H9F11O4S. The van der Waals surface area contributed by atoms with E-state index < -0.39 is 63.8 Å². The van der Waals surface area contributed by atoms with Gasteiger partial charge >= 0.3 is 35.8 Å². The fourth-order valence-corrected chi connectivity index (χ4v) is 2.59. The van der Waals surface area contributed by atoms with Crippen LogP contribution >= 0.6 is 0 Å². The van der Waals surface area contributed by atoms with Crippen LogP contribution < -0.4 is 0 Å². The first-order valence-electron chi connectivity index (χ1n) is 6.24. The molecule has 0 amide bonds. The maximum absolute atomic E-state index is 13.3. The molecule has 0 saturated carbocycles. The average Bonchev–Trinajstić information content (AvgIpc) is 2.43. The van der Waals surface area contributed by atoms with Gasteiger partial charge in [-0.25, -0.2) is 13.2 Å². The van der Waals surface area contributed by atoms with Gasteiger partial charge in [0, 0.05) is 6.08 Å². The van der Waals surface area contributed by atoms with Crippen molar-refractivity contribution in [2.75, 3.05) is 18.1 Å². The first-order valence-corrected chi connectivity index (χ1v) is 8.06. The van der Waals surface area contributed by atoms with E-state index in [0.29, 0.717) is 6.08 Å². The van der Waals surface area contributed by atoms with E-state index >= 15 is 0 Å². The summed E-state index contributed by atoms with van der Waals surface area (Å²) in [6, 6.07) is 0. The molecule has 0 N–H and O–H groups in total. The molecule has 0 aromatic rings. The lowest BCUT2D eigenvalue weighted by Crippen LogP contribution is -2.67. The van der Waals surface area contributed by atoms with Gasteiger partial charge in [0.15, 0.2) is 9.84 Å². The lowest BCUT2D eigenvalue weighted by molar-refractivity contribution is -0.419. The number of carbonyl (C=O) groups excluding carboxylic acids is 1. The molecule has 0 heterocycles. The number of ether oxygens (including phenoxy) is 1. The molecule has 0 aliphatic heterocycles. The quantitative estimate of drug-likeness (QED) is 0.310. The van der Waals surface area contributed by atoms with Crippen LogP contribution in [-0.2, 0) is 19.4 Å². The third-order valence-electron chi connectivity index (χ3n) is 2.81. The van der Waals surface area contributed by atoms with Gasteiger partial charge in [-0.3, -0.25) is 0 Å². The average molecular weight is 446 g/mol. The number of esters is 1. The molecule has 0 aromatic carbocycles. The maximum Gasteiger partial charge on any atom is 0.460 e. The normalized spacial score (nSPS) is 14.8. The lowest BCUT2D eigenvalue weighted by atomic mass is 9.99. The summed E-state index contributed by atoms with van der Waals surface area (Å²) in [4.78, 5) is 10.6. The Morgan fingerprint density at radius 3 is 1.67 bits per heavy atom. The van der Waals surface area contributed by atoms with Gasteiger partial charge in [0.05, 0.1) is 5.75 Å². The third-order valence-corrected chi connectivity index (χ3v) is 4.40. The van der Waals surface area contributed by atoms with Crippen molar-refractivity contribution in [2.45, 2.75) is 29.9 Å². The summed E-state index contributed by atoms with van der Waals surface area (Å²) in [6.07, 6.45) is -6.86. The van der Waals surface area contributed by atoms with Gasteiger partial charge in [-0.05, 0) is 0 Å². The van der Waals surface area contributed by atoms with Gasteiger partial charge < -0.3 is 4.74 Å². The van der Waals surface area contributed by atoms with Crippen molar-refractivity contribution in [3.05, 3.63) is 12.7 Å². The molecule has 16 heteroatoms. The first-order chi connectivity index (χ1) is 11.7. The van der Waals surface area contributed by atoms with Crippen LogP contribution in [0.25, 0.3) is 0 Å². The van der Waals surface area contributed by atoms with Crippen molar-refractivity contribution in [1.82, 2.24) is 0 Å². The summed E-state index contributed by atoms with van der Waals surface area (Å²) in [5.74, 6) is -35.4. The van der Waals surface area contributed by atoms with Crippen molar-refractivity contribution in [2.24, 2.45) is 0 Å². The Morgan fingerprint density at radius 2 is 1.30 bits per heavy atom. The van der Waals surface area contributed by atoms with Crippen LogP contribution in [0.3, 0.4) is 0 Å². The van der Waals surface area contributed by atoms with Crippen LogP contribution in [0, 0.1) is 0 Å². The van der Waals surface area contributed by atoms with Crippen molar-refractivity contribution in [3.63, 3.8) is 0 Å². The predicted octanol–water partition coefficient (Wildman–Crippen LogP) is 3.23. The van der Waals surface area contributed by atoms with Crippen molar-refractivity contribution in [1.29, 1.82) is 0 Å². The Bertz CT molecular complexity index is 666. The second-order valence-electron chi connectivity index (χ2n) is 4.89. The monoisotopic (exact) mass is 446 g/mol. The highest BCUT2D eigenvalue weighted by atomic mass is 32.2. The molecule has 27 heavy (non-hydrogen) atoms. The largest absolute Gasteiger partial charge is 0.461 e. The highest BCUT2D eigenvalue weighted by Crippen LogP contribution is 2.57. The number of carbonyl (C=O) groups is 1. The summed E-state index contributed by atoms with van der Waals surface area (Å²) >= 11 is 0. The molecule has 0 radical (unpaired) electrons. The van der Waals surface area contributed by atoms with E-state index in [1.807, 2.05) is 0 Å². The third kappa shape index (κ3) is 5.01. The Balaban J connectivity index is 5.66. The Labute approximate surface area is 143 Å². The molecular weight excluding hydrogens is 437 g/mol. The Hall–Kier alpha value is -1.61. The highest BCUT2D eigenvalue weighted by Gasteiger charge is 2.87. The molecule has 0 unspecified atom stereocenters. The fourth-order valence-electron chi connectivity index (χ4n) is 1.37. The van der Waals surface area contributed by atoms with E-state index in [4.69, 9.17) is 0 Å². The minimum absolute atomic E-state index is 0.481. The Kier molecular flexibility index (Phi) is 6.98. The fraction of sp³-hybridized carbons (Fsp3) is 0.727.